The van der Waals surface area contributed by atoms with Gasteiger partial charge in [-0.15, -0.1) is 0 Å². The van der Waals surface area contributed by atoms with Crippen LogP contribution in [-0.2, 0) is 16.0 Å². The van der Waals surface area contributed by atoms with Crippen molar-refractivity contribution in [3.8, 4) is 28.4 Å². The Balaban J connectivity index is 2.15. The Morgan fingerprint density at radius 2 is 1.79 bits per heavy atom. The minimum absolute atomic E-state index is 0.0219. The van der Waals surface area contributed by atoms with Crippen LogP contribution in [0, 0.1) is 0 Å². The normalized spacial score (nSPS) is 14.2. The topological polar surface area (TPSA) is 123 Å². The van der Waals surface area contributed by atoms with E-state index in [9.17, 15) is 14.4 Å². The molecule has 0 unspecified atom stereocenters. The van der Waals surface area contributed by atoms with Gasteiger partial charge < -0.3 is 30.0 Å². The third kappa shape index (κ3) is 5.02. The summed E-state index contributed by atoms with van der Waals surface area (Å²) in [6.07, 6.45) is 1.06. The molecule has 0 spiro atoms. The fourth-order valence-electron chi connectivity index (χ4n) is 4.15. The first-order valence-electron chi connectivity index (χ1n) is 10.5. The number of carbonyl (C=O) groups excluding carboxylic acids is 2. The number of amides is 2. The average Bonchev–Trinajstić information content (AvgIpc) is 2.93. The summed E-state index contributed by atoms with van der Waals surface area (Å²) in [4.78, 5) is 35.3. The van der Waals surface area contributed by atoms with Gasteiger partial charge in [0.05, 0.1) is 33.8 Å². The Hall–Kier alpha value is -3.75. The monoisotopic (exact) mass is 456 g/mol. The van der Waals surface area contributed by atoms with E-state index in [0.717, 1.165) is 22.3 Å². The van der Waals surface area contributed by atoms with Gasteiger partial charge in [0.1, 0.15) is 0 Å². The molecule has 1 atom stereocenters. The smallest absolute Gasteiger partial charge is 0.305 e. The molecule has 0 radical (unpaired) electrons. The number of carbonyl (C=O) groups is 3. The highest BCUT2D eigenvalue weighted by molar-refractivity contribution is 5.96. The van der Waals surface area contributed by atoms with E-state index in [2.05, 4.69) is 10.6 Å². The van der Waals surface area contributed by atoms with Gasteiger partial charge in [-0.25, -0.2) is 0 Å². The summed E-state index contributed by atoms with van der Waals surface area (Å²) in [6.45, 7) is 1.47. The second-order valence-electron chi connectivity index (χ2n) is 7.67. The van der Waals surface area contributed by atoms with Crippen molar-refractivity contribution in [2.75, 3.05) is 27.9 Å². The molecule has 9 nitrogen and oxygen atoms in total. The molecule has 0 saturated carbocycles. The van der Waals surface area contributed by atoms with Crippen LogP contribution in [-0.4, -0.2) is 50.8 Å². The summed E-state index contributed by atoms with van der Waals surface area (Å²) in [5.74, 6) is -0.0498. The number of ether oxygens (including phenoxy) is 3. The molecular weight excluding hydrogens is 428 g/mol. The molecule has 176 valence electrons. The molecule has 33 heavy (non-hydrogen) atoms. The third-order valence-corrected chi connectivity index (χ3v) is 5.57. The summed E-state index contributed by atoms with van der Waals surface area (Å²) >= 11 is 0. The zero-order valence-corrected chi connectivity index (χ0v) is 19.1. The van der Waals surface area contributed by atoms with Crippen molar-refractivity contribution in [1.82, 2.24) is 10.6 Å². The van der Waals surface area contributed by atoms with Crippen LogP contribution in [0.3, 0.4) is 0 Å². The van der Waals surface area contributed by atoms with Crippen LogP contribution < -0.4 is 24.8 Å². The van der Waals surface area contributed by atoms with Crippen molar-refractivity contribution < 1.29 is 33.7 Å². The van der Waals surface area contributed by atoms with E-state index in [0.29, 0.717) is 35.7 Å². The van der Waals surface area contributed by atoms with Gasteiger partial charge in [0.2, 0.25) is 11.7 Å². The molecular formula is C24H28N2O7. The molecule has 3 N–H and O–H groups in total. The van der Waals surface area contributed by atoms with Crippen LogP contribution in [0.4, 0.5) is 0 Å². The number of carboxylic acids is 1. The number of nitrogens with one attached hydrogen (secondary N) is 2. The summed E-state index contributed by atoms with van der Waals surface area (Å²) in [5, 5.41) is 14.4. The predicted molar refractivity (Wildman–Crippen MR) is 121 cm³/mol. The van der Waals surface area contributed by atoms with Gasteiger partial charge in [0.25, 0.3) is 5.91 Å². The average molecular weight is 456 g/mol. The molecule has 1 aliphatic rings. The molecule has 9 heteroatoms. The van der Waals surface area contributed by atoms with Crippen LogP contribution in [0.25, 0.3) is 11.1 Å². The Morgan fingerprint density at radius 3 is 2.39 bits per heavy atom. The lowest BCUT2D eigenvalue weighted by molar-refractivity contribution is -0.136. The second kappa shape index (κ2) is 10.2. The molecule has 0 aliphatic heterocycles. The van der Waals surface area contributed by atoms with E-state index in [1.807, 2.05) is 12.1 Å². The van der Waals surface area contributed by atoms with Gasteiger partial charge in [-0.2, -0.15) is 0 Å². The fraction of sp³-hybridized carbons (Fsp3) is 0.375. The largest absolute Gasteiger partial charge is 0.493 e. The summed E-state index contributed by atoms with van der Waals surface area (Å²) < 4.78 is 16.8. The van der Waals surface area contributed by atoms with E-state index in [1.54, 1.807) is 26.4 Å². The summed E-state index contributed by atoms with van der Waals surface area (Å²) in [7, 11) is 4.65. The van der Waals surface area contributed by atoms with Crippen LogP contribution in [0.1, 0.15) is 47.3 Å². The number of rotatable bonds is 8. The molecule has 0 saturated heterocycles. The fourth-order valence-corrected chi connectivity index (χ4v) is 4.15. The summed E-state index contributed by atoms with van der Waals surface area (Å²) in [6, 6.07) is 6.79. The van der Waals surface area contributed by atoms with Gasteiger partial charge >= 0.3 is 5.97 Å². The van der Waals surface area contributed by atoms with E-state index in [1.165, 1.54) is 14.0 Å². The molecule has 1 aliphatic carbocycles. The highest BCUT2D eigenvalue weighted by atomic mass is 16.5. The van der Waals surface area contributed by atoms with Gasteiger partial charge in [0.15, 0.2) is 11.5 Å². The SMILES string of the molecule is COc1cc2c(c(OC)c1OC)-c1ccc(C(=O)NCCC(=O)O)cc1[C@@H](NC(C)=O)CC2. The number of benzene rings is 2. The number of aryl methyl sites for hydroxylation is 1. The van der Waals surface area contributed by atoms with Crippen LogP contribution >= 0.6 is 0 Å². The Bertz CT molecular complexity index is 1080. The molecule has 3 rings (SSSR count). The maximum absolute atomic E-state index is 12.6. The van der Waals surface area contributed by atoms with Gasteiger partial charge in [-0.3, -0.25) is 14.4 Å². The Labute approximate surface area is 192 Å². The maximum atomic E-state index is 12.6. The first-order chi connectivity index (χ1) is 15.8. The maximum Gasteiger partial charge on any atom is 0.305 e. The molecule has 2 aromatic rings. The molecule has 0 fully saturated rings. The predicted octanol–water partition coefficient (Wildman–Crippen LogP) is 2.71. The standard InChI is InChI=1S/C24H28N2O7/c1-13(27)26-18-8-6-14-12-19(31-2)22(32-3)23(33-4)21(14)16-7-5-15(11-17(16)18)24(30)25-10-9-20(28)29/h5,7,11-12,18H,6,8-10H2,1-4H3,(H,25,30)(H,26,27)(H,28,29)/t18-/m0/s1. The molecule has 0 heterocycles. The molecule has 0 aromatic heterocycles. The van der Waals surface area contributed by atoms with Gasteiger partial charge in [0, 0.05) is 24.6 Å². The minimum atomic E-state index is -0.990. The first kappa shape index (κ1) is 23.9. The second-order valence-corrected chi connectivity index (χ2v) is 7.67. The zero-order valence-electron chi connectivity index (χ0n) is 19.1. The lowest BCUT2D eigenvalue weighted by Crippen LogP contribution is -2.28. The quantitative estimate of drug-likeness (QED) is 0.558. The lowest BCUT2D eigenvalue weighted by atomic mass is 9.92. The molecule has 2 amide bonds. The summed E-state index contributed by atoms with van der Waals surface area (Å²) in [5.41, 5.74) is 3.73. The van der Waals surface area contributed by atoms with Crippen LogP contribution in [0.2, 0.25) is 0 Å². The van der Waals surface area contributed by atoms with Gasteiger partial charge in [-0.05, 0) is 47.7 Å². The van der Waals surface area contributed by atoms with Crippen LogP contribution in [0.15, 0.2) is 24.3 Å². The number of fused-ring (bicyclic) bond motifs is 3. The van der Waals surface area contributed by atoms with Crippen molar-refractivity contribution in [1.29, 1.82) is 0 Å². The number of hydrogen-bond acceptors (Lipinski definition) is 6. The zero-order chi connectivity index (χ0) is 24.1. The van der Waals surface area contributed by atoms with Crippen molar-refractivity contribution in [2.24, 2.45) is 0 Å². The number of carboxylic acid groups (broad SMARTS) is 1. The number of hydrogen-bond donors (Lipinski definition) is 3. The van der Waals surface area contributed by atoms with Crippen molar-refractivity contribution >= 4 is 17.8 Å². The Morgan fingerprint density at radius 1 is 1.06 bits per heavy atom. The van der Waals surface area contributed by atoms with Crippen molar-refractivity contribution in [3.63, 3.8) is 0 Å². The number of methoxy groups -OCH3 is 3. The number of aliphatic carboxylic acids is 1. The van der Waals surface area contributed by atoms with E-state index in [4.69, 9.17) is 19.3 Å². The van der Waals surface area contributed by atoms with E-state index >= 15 is 0 Å². The van der Waals surface area contributed by atoms with E-state index < -0.39 is 5.97 Å². The third-order valence-electron chi connectivity index (χ3n) is 5.57. The first-order valence-corrected chi connectivity index (χ1v) is 10.5. The van der Waals surface area contributed by atoms with Crippen LogP contribution in [0.5, 0.6) is 17.2 Å². The van der Waals surface area contributed by atoms with E-state index in [-0.39, 0.29) is 30.8 Å². The highest BCUT2D eigenvalue weighted by Crippen LogP contribution is 2.50. The van der Waals surface area contributed by atoms with Crippen molar-refractivity contribution in [3.05, 3.63) is 41.0 Å². The molecule has 0 bridgehead atoms. The minimum Gasteiger partial charge on any atom is -0.493 e. The highest BCUT2D eigenvalue weighted by Gasteiger charge is 2.29. The van der Waals surface area contributed by atoms with Crippen molar-refractivity contribution in [2.45, 2.75) is 32.2 Å². The lowest BCUT2D eigenvalue weighted by Gasteiger charge is -2.21. The van der Waals surface area contributed by atoms with Gasteiger partial charge in [-0.1, -0.05) is 6.07 Å². The molecule has 2 aromatic carbocycles. The Kier molecular flexibility index (Phi) is 7.42.